The summed E-state index contributed by atoms with van der Waals surface area (Å²) in [6.45, 7) is 9.82. The van der Waals surface area contributed by atoms with Crippen LogP contribution in [0.4, 0.5) is 0 Å². The number of nitrogens with zero attached hydrogens (tertiary/aromatic N) is 3. The number of likely N-dealkylation sites (tertiary alicyclic amines) is 1. The van der Waals surface area contributed by atoms with Gasteiger partial charge in [0, 0.05) is 42.9 Å². The Balaban J connectivity index is 1.45. The van der Waals surface area contributed by atoms with Gasteiger partial charge >= 0.3 is 0 Å². The van der Waals surface area contributed by atoms with Gasteiger partial charge in [-0.15, -0.1) is 0 Å². The Hall–Kier alpha value is -2.90. The van der Waals surface area contributed by atoms with E-state index in [0.29, 0.717) is 11.5 Å². The van der Waals surface area contributed by atoms with E-state index in [9.17, 15) is 4.79 Å². The van der Waals surface area contributed by atoms with Gasteiger partial charge < -0.3 is 14.8 Å². The first-order valence-corrected chi connectivity index (χ1v) is 11.8. The molecule has 1 amide bonds. The molecule has 7 nitrogen and oxygen atoms in total. The Labute approximate surface area is 196 Å². The van der Waals surface area contributed by atoms with Crippen molar-refractivity contribution in [1.29, 1.82) is 0 Å². The normalized spacial score (nSPS) is 16.2. The van der Waals surface area contributed by atoms with E-state index in [4.69, 9.17) is 5.21 Å². The molecule has 7 heteroatoms. The number of aryl methyl sites for hydroxylation is 1. The summed E-state index contributed by atoms with van der Waals surface area (Å²) in [5.41, 5.74) is 6.08. The summed E-state index contributed by atoms with van der Waals surface area (Å²) in [6.07, 6.45) is 8.36. The second kappa shape index (κ2) is 11.8. The Morgan fingerprint density at radius 2 is 1.94 bits per heavy atom. The molecule has 0 aliphatic carbocycles. The van der Waals surface area contributed by atoms with E-state index >= 15 is 0 Å². The zero-order valence-electron chi connectivity index (χ0n) is 20.3. The van der Waals surface area contributed by atoms with Crippen LogP contribution in [0.1, 0.15) is 37.9 Å². The molecular weight excluding hydrogens is 414 g/mol. The van der Waals surface area contributed by atoms with Gasteiger partial charge in [-0.2, -0.15) is 0 Å². The minimum atomic E-state index is -0.555. The summed E-state index contributed by atoms with van der Waals surface area (Å²) >= 11 is 0. The number of fused-ring (bicyclic) bond motifs is 1. The van der Waals surface area contributed by atoms with Gasteiger partial charge in [0.15, 0.2) is 0 Å². The number of aromatic nitrogens is 1. The van der Waals surface area contributed by atoms with Crippen molar-refractivity contribution >= 4 is 23.0 Å². The van der Waals surface area contributed by atoms with Crippen molar-refractivity contribution in [2.45, 2.75) is 40.0 Å². The van der Waals surface area contributed by atoms with E-state index in [1.165, 1.54) is 28.4 Å². The molecule has 178 valence electrons. The number of hydroxylamine groups is 1. The molecule has 1 aliphatic heterocycles. The number of aliphatic imine (C=N–C) groups is 1. The van der Waals surface area contributed by atoms with Crippen LogP contribution in [0.25, 0.3) is 10.9 Å². The molecule has 0 atom stereocenters. The summed E-state index contributed by atoms with van der Waals surface area (Å²) in [7, 11) is 2.15. The number of benzene rings is 1. The molecular formula is C26H37N5O2. The fraction of sp³-hybridized carbons (Fsp3) is 0.462. The number of amides is 1. The van der Waals surface area contributed by atoms with Crippen molar-refractivity contribution in [3.05, 3.63) is 59.1 Å². The lowest BCUT2D eigenvalue weighted by Crippen LogP contribution is -2.37. The molecule has 2 heterocycles. The molecule has 1 aromatic heterocycles. The van der Waals surface area contributed by atoms with E-state index in [1.54, 1.807) is 18.5 Å². The fourth-order valence-corrected chi connectivity index (χ4v) is 4.60. The number of allylic oxidation sites excluding steroid dienone is 2. The second-order valence-electron chi connectivity index (χ2n) is 8.61. The van der Waals surface area contributed by atoms with Gasteiger partial charge in [0.1, 0.15) is 5.82 Å². The predicted molar refractivity (Wildman–Crippen MR) is 134 cm³/mol. The van der Waals surface area contributed by atoms with Crippen LogP contribution in [-0.4, -0.2) is 53.0 Å². The number of piperidine rings is 1. The molecule has 0 saturated carbocycles. The van der Waals surface area contributed by atoms with Crippen molar-refractivity contribution in [2.75, 3.05) is 26.2 Å². The van der Waals surface area contributed by atoms with Gasteiger partial charge in [-0.3, -0.25) is 10.0 Å². The molecule has 0 spiro atoms. The summed E-state index contributed by atoms with van der Waals surface area (Å²) in [4.78, 5) is 18.3. The molecule has 3 rings (SSSR count). The molecule has 1 aliphatic rings. The largest absolute Gasteiger partial charge is 0.357 e. The average molecular weight is 452 g/mol. The molecule has 1 aromatic carbocycles. The van der Waals surface area contributed by atoms with Crippen molar-refractivity contribution in [1.82, 2.24) is 20.3 Å². The molecule has 3 N–H and O–H groups in total. The van der Waals surface area contributed by atoms with Gasteiger partial charge in [-0.05, 0) is 76.7 Å². The van der Waals surface area contributed by atoms with Crippen LogP contribution in [0, 0.1) is 12.8 Å². The van der Waals surface area contributed by atoms with Gasteiger partial charge in [0.25, 0.3) is 5.91 Å². The third-order valence-electron chi connectivity index (χ3n) is 6.72. The number of carbonyl (C=O) groups is 1. The third kappa shape index (κ3) is 5.92. The lowest BCUT2D eigenvalue weighted by molar-refractivity contribution is -0.124. The first-order chi connectivity index (χ1) is 16.0. The molecule has 1 saturated heterocycles. The number of nitrogens with one attached hydrogen (secondary N) is 2. The van der Waals surface area contributed by atoms with Gasteiger partial charge in [-0.25, -0.2) is 10.5 Å². The third-order valence-corrected chi connectivity index (χ3v) is 6.72. The molecule has 0 bridgehead atoms. The zero-order valence-corrected chi connectivity index (χ0v) is 20.3. The monoisotopic (exact) mass is 451 g/mol. The van der Waals surface area contributed by atoms with E-state index in [-0.39, 0.29) is 0 Å². The van der Waals surface area contributed by atoms with Crippen molar-refractivity contribution < 1.29 is 10.0 Å². The van der Waals surface area contributed by atoms with Crippen LogP contribution in [-0.2, 0) is 18.3 Å². The van der Waals surface area contributed by atoms with Crippen molar-refractivity contribution in [2.24, 2.45) is 18.0 Å². The van der Waals surface area contributed by atoms with Gasteiger partial charge in [0.05, 0.1) is 5.57 Å². The summed E-state index contributed by atoms with van der Waals surface area (Å²) < 4.78 is 2.29. The molecule has 2 aromatic rings. The highest BCUT2D eigenvalue weighted by atomic mass is 16.5. The van der Waals surface area contributed by atoms with E-state index < -0.39 is 5.91 Å². The van der Waals surface area contributed by atoms with Crippen LogP contribution in [0.5, 0.6) is 0 Å². The van der Waals surface area contributed by atoms with E-state index in [2.05, 4.69) is 58.0 Å². The van der Waals surface area contributed by atoms with Gasteiger partial charge in [-0.1, -0.05) is 24.3 Å². The lowest BCUT2D eigenvalue weighted by Gasteiger charge is -2.33. The summed E-state index contributed by atoms with van der Waals surface area (Å²) in [5, 5.41) is 13.9. The maximum Gasteiger partial charge on any atom is 0.275 e. The SMILES string of the molecule is CC=C(N=C/C(=C\C)C(=O)NO)N1CCC(CNCCc2c(C)n(C)c3ccccc23)CC1. The first-order valence-electron chi connectivity index (χ1n) is 11.8. The topological polar surface area (TPSA) is 81.9 Å². The quantitative estimate of drug-likeness (QED) is 0.178. The molecule has 1 fully saturated rings. The number of para-hydroxylation sites is 1. The van der Waals surface area contributed by atoms with Crippen LogP contribution in [0.3, 0.4) is 0 Å². The minimum Gasteiger partial charge on any atom is -0.357 e. The Morgan fingerprint density at radius 3 is 2.61 bits per heavy atom. The standard InChI is InChI=1S/C26H37N5O2/c1-5-21(26(32)29-33)18-28-25(6-2)31-15-12-20(13-16-31)17-27-14-11-22-19(3)30(4)24-10-8-7-9-23(22)24/h5-10,18,20,27,33H,11-17H2,1-4H3,(H,29,32)/b21-5+,25-6?,28-18?. The minimum absolute atomic E-state index is 0.331. The highest BCUT2D eigenvalue weighted by molar-refractivity contribution is 6.11. The maximum absolute atomic E-state index is 11.6. The number of hydrogen-bond donors (Lipinski definition) is 3. The van der Waals surface area contributed by atoms with Crippen LogP contribution >= 0.6 is 0 Å². The number of hydrogen-bond acceptors (Lipinski definition) is 5. The summed E-state index contributed by atoms with van der Waals surface area (Å²) in [5.74, 6) is 0.960. The fourth-order valence-electron chi connectivity index (χ4n) is 4.60. The van der Waals surface area contributed by atoms with Crippen LogP contribution < -0.4 is 10.8 Å². The van der Waals surface area contributed by atoms with Crippen molar-refractivity contribution in [3.8, 4) is 0 Å². The Morgan fingerprint density at radius 1 is 1.21 bits per heavy atom. The van der Waals surface area contributed by atoms with E-state index in [1.807, 2.05) is 13.0 Å². The smallest absolute Gasteiger partial charge is 0.275 e. The number of rotatable bonds is 9. The van der Waals surface area contributed by atoms with Gasteiger partial charge in [0.2, 0.25) is 0 Å². The molecule has 0 radical (unpaired) electrons. The van der Waals surface area contributed by atoms with Crippen LogP contribution in [0.2, 0.25) is 0 Å². The van der Waals surface area contributed by atoms with Crippen molar-refractivity contribution in [3.63, 3.8) is 0 Å². The average Bonchev–Trinajstić information content (AvgIpc) is 3.09. The Bertz CT molecular complexity index is 1040. The maximum atomic E-state index is 11.6. The number of carbonyl (C=O) groups excluding carboxylic acids is 1. The van der Waals surface area contributed by atoms with E-state index in [0.717, 1.165) is 51.3 Å². The highest BCUT2D eigenvalue weighted by Crippen LogP contribution is 2.25. The van der Waals surface area contributed by atoms with Crippen LogP contribution in [0.15, 0.2) is 52.8 Å². The molecule has 33 heavy (non-hydrogen) atoms. The zero-order chi connectivity index (χ0) is 23.8. The molecule has 0 unspecified atom stereocenters. The Kier molecular flexibility index (Phi) is 8.86. The first kappa shape index (κ1) is 24.7. The highest BCUT2D eigenvalue weighted by Gasteiger charge is 2.20. The second-order valence-corrected chi connectivity index (χ2v) is 8.61. The predicted octanol–water partition coefficient (Wildman–Crippen LogP) is 3.71. The summed E-state index contributed by atoms with van der Waals surface area (Å²) in [6, 6.07) is 8.64. The lowest BCUT2D eigenvalue weighted by atomic mass is 9.96.